The van der Waals surface area contributed by atoms with Gasteiger partial charge in [0.15, 0.2) is 0 Å². The van der Waals surface area contributed by atoms with Gasteiger partial charge in [-0.05, 0) is 88.0 Å². The van der Waals surface area contributed by atoms with Crippen LogP contribution in [0.2, 0.25) is 0 Å². The van der Waals surface area contributed by atoms with Crippen molar-refractivity contribution in [3.63, 3.8) is 0 Å². The van der Waals surface area contributed by atoms with Crippen LogP contribution < -0.4 is 10.6 Å². The lowest BCUT2D eigenvalue weighted by molar-refractivity contribution is 0.101. The number of nitrogens with one attached hydrogen (secondary N) is 2. The fourth-order valence-electron chi connectivity index (χ4n) is 5.63. The number of benzene rings is 4. The Balaban J connectivity index is 0.000000162. The first-order valence-corrected chi connectivity index (χ1v) is 16.6. The Kier molecular flexibility index (Phi) is 9.92. The number of rotatable bonds is 8. The molecule has 0 radical (unpaired) electrons. The van der Waals surface area contributed by atoms with Crippen LogP contribution in [-0.2, 0) is 13.2 Å². The highest BCUT2D eigenvalue weighted by molar-refractivity contribution is 6.03. The number of anilines is 2. The van der Waals surface area contributed by atoms with E-state index in [2.05, 4.69) is 20.6 Å². The minimum absolute atomic E-state index is 0.00493. The highest BCUT2D eigenvalue weighted by Crippen LogP contribution is 2.23. The Bertz CT molecular complexity index is 2470. The average molecular weight is 687 g/mol. The number of aliphatic hydroxyl groups excluding tert-OH is 2. The van der Waals surface area contributed by atoms with Crippen molar-refractivity contribution in [1.82, 2.24) is 18.8 Å². The van der Waals surface area contributed by atoms with E-state index in [9.17, 15) is 14.7 Å². The number of carbonyl (C=O) groups is 2. The molecule has 10 heteroatoms. The lowest BCUT2D eigenvalue weighted by Gasteiger charge is -2.04. The van der Waals surface area contributed by atoms with Crippen LogP contribution in [0, 0.1) is 0 Å². The third-order valence-electron chi connectivity index (χ3n) is 8.34. The van der Waals surface area contributed by atoms with Gasteiger partial charge in [-0.3, -0.25) is 9.59 Å². The van der Waals surface area contributed by atoms with E-state index in [-0.39, 0.29) is 25.0 Å². The number of amides is 2. The van der Waals surface area contributed by atoms with Gasteiger partial charge < -0.3 is 29.6 Å². The number of para-hydroxylation sites is 2. The molecule has 256 valence electrons. The normalized spacial score (nSPS) is 10.8. The third-order valence-corrected chi connectivity index (χ3v) is 8.34. The summed E-state index contributed by atoms with van der Waals surface area (Å²) in [5.74, 6) is -0.488. The van der Waals surface area contributed by atoms with E-state index < -0.39 is 0 Å². The quantitative estimate of drug-likeness (QED) is 0.131. The van der Waals surface area contributed by atoms with E-state index in [1.807, 2.05) is 155 Å². The molecule has 0 aliphatic rings. The summed E-state index contributed by atoms with van der Waals surface area (Å²) in [4.78, 5) is 33.6. The predicted molar refractivity (Wildman–Crippen MR) is 202 cm³/mol. The topological polar surface area (TPSA) is 133 Å². The predicted octanol–water partition coefficient (Wildman–Crippen LogP) is 7.49. The molecule has 0 spiro atoms. The Hall–Kier alpha value is -6.88. The van der Waals surface area contributed by atoms with E-state index in [4.69, 9.17) is 5.11 Å². The maximum atomic E-state index is 12.4. The molecule has 0 atom stereocenters. The van der Waals surface area contributed by atoms with Crippen molar-refractivity contribution in [1.29, 1.82) is 0 Å². The van der Waals surface area contributed by atoms with Gasteiger partial charge in [0.25, 0.3) is 11.8 Å². The molecule has 10 nitrogen and oxygen atoms in total. The van der Waals surface area contributed by atoms with Crippen molar-refractivity contribution in [2.24, 2.45) is 0 Å². The van der Waals surface area contributed by atoms with E-state index in [1.165, 1.54) is 0 Å². The van der Waals surface area contributed by atoms with Gasteiger partial charge in [-0.15, -0.1) is 0 Å². The lowest BCUT2D eigenvalue weighted by atomic mass is 10.1. The summed E-state index contributed by atoms with van der Waals surface area (Å²) in [5, 5.41) is 24.1. The fourth-order valence-corrected chi connectivity index (χ4v) is 5.63. The van der Waals surface area contributed by atoms with Crippen molar-refractivity contribution in [3.8, 4) is 22.3 Å². The van der Waals surface area contributed by atoms with Gasteiger partial charge in [0, 0.05) is 36.2 Å². The summed E-state index contributed by atoms with van der Waals surface area (Å²) < 4.78 is 3.68. The minimum atomic E-state index is -0.247. The zero-order chi connectivity index (χ0) is 35.9. The van der Waals surface area contributed by atoms with E-state index >= 15 is 0 Å². The van der Waals surface area contributed by atoms with Crippen LogP contribution in [0.3, 0.4) is 0 Å². The standard InChI is InChI=1S/2C21H17N3O2/c25-14-15-5-4-6-16(11-15)17-9-10-20-23-19(13-24(20)12-17)21(26)22-18-7-2-1-3-8-18;25-14-15-6-8-16(9-7-15)17-10-11-20-23-19(13-24(20)12-17)21(26)22-18-4-2-1-3-5-18/h2*1-13,25H,14H2,(H,22,26). The number of imidazole rings is 2. The summed E-state index contributed by atoms with van der Waals surface area (Å²) in [6.07, 6.45) is 7.31. The number of aliphatic hydroxyl groups is 2. The fraction of sp³-hybridized carbons (Fsp3) is 0.0476. The molecular formula is C42H34N6O4. The number of nitrogens with zero attached hydrogens (tertiary/aromatic N) is 4. The SMILES string of the molecule is O=C(Nc1ccccc1)c1cn2cc(-c3ccc(CO)cc3)ccc2n1.O=C(Nc1ccccc1)c1cn2cc(-c3cccc(CO)c3)ccc2n1. The zero-order valence-corrected chi connectivity index (χ0v) is 27.9. The number of aromatic nitrogens is 4. The molecule has 4 aromatic carbocycles. The number of fused-ring (bicyclic) bond motifs is 2. The second-order valence-corrected chi connectivity index (χ2v) is 12.0. The molecule has 8 rings (SSSR count). The average Bonchev–Trinajstić information content (AvgIpc) is 3.83. The Morgan fingerprint density at radius 3 is 1.46 bits per heavy atom. The van der Waals surface area contributed by atoms with E-state index in [0.717, 1.165) is 44.8 Å². The Labute approximate surface area is 299 Å². The Morgan fingerprint density at radius 1 is 0.481 bits per heavy atom. The molecule has 4 heterocycles. The summed E-state index contributed by atoms with van der Waals surface area (Å²) in [7, 11) is 0. The molecule has 4 aromatic heterocycles. The van der Waals surface area contributed by atoms with E-state index in [1.54, 1.807) is 12.4 Å². The molecule has 0 unspecified atom stereocenters. The molecule has 8 aromatic rings. The van der Waals surface area contributed by atoms with Gasteiger partial charge in [0.1, 0.15) is 22.7 Å². The second-order valence-electron chi connectivity index (χ2n) is 12.0. The highest BCUT2D eigenvalue weighted by Gasteiger charge is 2.13. The summed E-state index contributed by atoms with van der Waals surface area (Å²) >= 11 is 0. The van der Waals surface area contributed by atoms with Gasteiger partial charge in [-0.2, -0.15) is 0 Å². The van der Waals surface area contributed by atoms with Gasteiger partial charge in [0.05, 0.1) is 13.2 Å². The van der Waals surface area contributed by atoms with Crippen LogP contribution in [0.4, 0.5) is 11.4 Å². The molecule has 0 aliphatic heterocycles. The largest absolute Gasteiger partial charge is 0.392 e. The molecule has 0 saturated carbocycles. The smallest absolute Gasteiger partial charge is 0.275 e. The lowest BCUT2D eigenvalue weighted by Crippen LogP contribution is -2.11. The molecular weight excluding hydrogens is 652 g/mol. The van der Waals surface area contributed by atoms with Crippen LogP contribution in [0.1, 0.15) is 32.1 Å². The van der Waals surface area contributed by atoms with Crippen molar-refractivity contribution < 1.29 is 19.8 Å². The number of carbonyl (C=O) groups excluding carboxylic acids is 2. The molecule has 0 bridgehead atoms. The molecule has 4 N–H and O–H groups in total. The molecule has 52 heavy (non-hydrogen) atoms. The van der Waals surface area contributed by atoms with Crippen molar-refractivity contribution in [3.05, 3.63) is 181 Å². The van der Waals surface area contributed by atoms with E-state index in [0.29, 0.717) is 22.7 Å². The number of pyridine rings is 2. The summed E-state index contributed by atoms with van der Waals surface area (Å²) in [5.41, 5.74) is 9.36. The van der Waals surface area contributed by atoms with Gasteiger partial charge in [0.2, 0.25) is 0 Å². The summed E-state index contributed by atoms with van der Waals surface area (Å²) in [6.45, 7) is 0.0334. The van der Waals surface area contributed by atoms with Crippen LogP contribution in [0.25, 0.3) is 33.5 Å². The van der Waals surface area contributed by atoms with Gasteiger partial charge in [-0.25, -0.2) is 9.97 Å². The van der Waals surface area contributed by atoms with Crippen LogP contribution >= 0.6 is 0 Å². The van der Waals surface area contributed by atoms with Crippen LogP contribution in [-0.4, -0.2) is 40.8 Å². The molecule has 0 aliphatic carbocycles. The first-order valence-electron chi connectivity index (χ1n) is 16.6. The highest BCUT2D eigenvalue weighted by atomic mass is 16.3. The minimum Gasteiger partial charge on any atom is -0.392 e. The maximum Gasteiger partial charge on any atom is 0.275 e. The van der Waals surface area contributed by atoms with Crippen molar-refractivity contribution in [2.45, 2.75) is 13.2 Å². The molecule has 2 amide bonds. The molecule has 0 fully saturated rings. The molecule has 0 saturated heterocycles. The number of hydrogen-bond donors (Lipinski definition) is 4. The van der Waals surface area contributed by atoms with Crippen LogP contribution in [0.15, 0.2) is 158 Å². The Morgan fingerprint density at radius 2 is 0.962 bits per heavy atom. The maximum absolute atomic E-state index is 12.4. The van der Waals surface area contributed by atoms with Crippen molar-refractivity contribution >= 4 is 34.5 Å². The monoisotopic (exact) mass is 686 g/mol. The number of hydrogen-bond acceptors (Lipinski definition) is 6. The third kappa shape index (κ3) is 7.79. The van der Waals surface area contributed by atoms with Gasteiger partial charge >= 0.3 is 0 Å². The van der Waals surface area contributed by atoms with Crippen molar-refractivity contribution in [2.75, 3.05) is 10.6 Å². The van der Waals surface area contributed by atoms with Crippen LogP contribution in [0.5, 0.6) is 0 Å². The van der Waals surface area contributed by atoms with Gasteiger partial charge in [-0.1, -0.05) is 78.9 Å². The zero-order valence-electron chi connectivity index (χ0n) is 27.9. The first kappa shape index (κ1) is 33.6. The second kappa shape index (κ2) is 15.3. The summed E-state index contributed by atoms with van der Waals surface area (Å²) in [6, 6.07) is 41.7. The first-order chi connectivity index (χ1) is 25.4.